The molecule has 0 bridgehead atoms. The molecule has 1 heterocycles. The van der Waals surface area contributed by atoms with Gasteiger partial charge in [-0.2, -0.15) is 0 Å². The van der Waals surface area contributed by atoms with E-state index in [1.54, 1.807) is 35.9 Å². The van der Waals surface area contributed by atoms with E-state index < -0.39 is 0 Å². The lowest BCUT2D eigenvalue weighted by molar-refractivity contribution is -0.120. The molecule has 38 heavy (non-hydrogen) atoms. The Morgan fingerprint density at radius 1 is 1.00 bits per heavy atom. The molecular formula is C31H33ClN2O4. The number of hydrogen-bond acceptors (Lipinski definition) is 4. The number of rotatable bonds is 9. The first-order chi connectivity index (χ1) is 18.2. The molecule has 0 spiro atoms. The largest absolute Gasteiger partial charge is 0.497 e. The van der Waals surface area contributed by atoms with Gasteiger partial charge < -0.3 is 14.8 Å². The van der Waals surface area contributed by atoms with E-state index in [-0.39, 0.29) is 18.2 Å². The molecule has 0 radical (unpaired) electrons. The first-order valence-corrected chi connectivity index (χ1v) is 13.1. The van der Waals surface area contributed by atoms with Gasteiger partial charge >= 0.3 is 0 Å². The zero-order chi connectivity index (χ0) is 27.4. The minimum absolute atomic E-state index is 0.123. The van der Waals surface area contributed by atoms with Gasteiger partial charge in [-0.05, 0) is 85.0 Å². The van der Waals surface area contributed by atoms with Crippen LogP contribution < -0.4 is 14.8 Å². The summed E-state index contributed by atoms with van der Waals surface area (Å²) in [5.74, 6) is 1.51. The number of amides is 1. The van der Waals surface area contributed by atoms with E-state index in [0.29, 0.717) is 41.1 Å². The Bertz CT molecular complexity index is 1470. The lowest BCUT2D eigenvalue weighted by atomic mass is 10.0. The van der Waals surface area contributed by atoms with Crippen LogP contribution in [0, 0.1) is 13.8 Å². The van der Waals surface area contributed by atoms with Crippen LogP contribution in [-0.2, 0) is 11.2 Å². The molecule has 1 N–H and O–H groups in total. The molecule has 0 unspecified atom stereocenters. The highest BCUT2D eigenvalue weighted by Crippen LogP contribution is 2.31. The minimum Gasteiger partial charge on any atom is -0.497 e. The van der Waals surface area contributed by atoms with Crippen molar-refractivity contribution in [2.45, 2.75) is 40.0 Å². The van der Waals surface area contributed by atoms with E-state index in [1.165, 1.54) is 0 Å². The third kappa shape index (κ3) is 5.86. The second kappa shape index (κ2) is 11.7. The van der Waals surface area contributed by atoms with E-state index in [4.69, 9.17) is 21.1 Å². The maximum Gasteiger partial charge on any atom is 0.262 e. The third-order valence-electron chi connectivity index (χ3n) is 6.65. The van der Waals surface area contributed by atoms with Crippen LogP contribution in [0.4, 0.5) is 0 Å². The van der Waals surface area contributed by atoms with E-state index in [0.717, 1.165) is 33.3 Å². The van der Waals surface area contributed by atoms with Gasteiger partial charge in [0.15, 0.2) is 0 Å². The molecule has 3 aromatic carbocycles. The standard InChI is InChI=1S/C31H33ClN2O4/c1-19(2)25-12-6-20(3)16-29(25)38-15-14-33-30(35)18-26-21(4)34(28-13-11-24(37-5)17-27(26)28)31(36)22-7-9-23(32)10-8-22/h6-13,16-17,19H,14-15,18H2,1-5H3,(H,33,35). The maximum atomic E-state index is 13.5. The van der Waals surface area contributed by atoms with Gasteiger partial charge in [0.25, 0.3) is 5.91 Å². The summed E-state index contributed by atoms with van der Waals surface area (Å²) in [6.45, 7) is 8.88. The summed E-state index contributed by atoms with van der Waals surface area (Å²) in [5, 5.41) is 4.32. The Morgan fingerprint density at radius 2 is 1.74 bits per heavy atom. The number of fused-ring (bicyclic) bond motifs is 1. The topological polar surface area (TPSA) is 69.6 Å². The number of hydrogen-bond donors (Lipinski definition) is 1. The van der Waals surface area contributed by atoms with Crippen LogP contribution in [0.2, 0.25) is 5.02 Å². The van der Waals surface area contributed by atoms with Crippen LogP contribution in [0.15, 0.2) is 60.7 Å². The summed E-state index contributed by atoms with van der Waals surface area (Å²) in [6.07, 6.45) is 0.123. The van der Waals surface area contributed by atoms with Crippen LogP contribution in [-0.4, -0.2) is 36.6 Å². The van der Waals surface area contributed by atoms with Crippen molar-refractivity contribution in [1.29, 1.82) is 0 Å². The van der Waals surface area contributed by atoms with Crippen LogP contribution in [0.3, 0.4) is 0 Å². The predicted octanol–water partition coefficient (Wildman–Crippen LogP) is 6.47. The van der Waals surface area contributed by atoms with Crippen LogP contribution in [0.5, 0.6) is 11.5 Å². The monoisotopic (exact) mass is 532 g/mol. The predicted molar refractivity (Wildman–Crippen MR) is 152 cm³/mol. The van der Waals surface area contributed by atoms with Gasteiger partial charge in [0.2, 0.25) is 5.91 Å². The Labute approximate surface area is 228 Å². The van der Waals surface area contributed by atoms with Crippen LogP contribution in [0.1, 0.15) is 52.5 Å². The number of nitrogens with zero attached hydrogens (tertiary/aromatic N) is 1. The van der Waals surface area contributed by atoms with Crippen molar-refractivity contribution in [3.8, 4) is 11.5 Å². The van der Waals surface area contributed by atoms with E-state index in [9.17, 15) is 9.59 Å². The first kappa shape index (κ1) is 27.3. The molecule has 0 aliphatic rings. The average Bonchev–Trinajstić information content (AvgIpc) is 3.16. The number of nitrogens with one attached hydrogen (secondary N) is 1. The van der Waals surface area contributed by atoms with Gasteiger partial charge in [0.05, 0.1) is 25.6 Å². The molecule has 1 aromatic heterocycles. The van der Waals surface area contributed by atoms with Crippen molar-refractivity contribution in [3.05, 3.63) is 93.6 Å². The second-order valence-electron chi connectivity index (χ2n) is 9.67. The summed E-state index contributed by atoms with van der Waals surface area (Å²) in [6, 6.07) is 18.5. The van der Waals surface area contributed by atoms with Gasteiger partial charge in [-0.25, -0.2) is 0 Å². The number of carbonyl (C=O) groups excluding carboxylic acids is 2. The number of aryl methyl sites for hydroxylation is 1. The van der Waals surface area contributed by atoms with Crippen molar-refractivity contribution in [3.63, 3.8) is 0 Å². The smallest absolute Gasteiger partial charge is 0.262 e. The molecule has 4 rings (SSSR count). The highest BCUT2D eigenvalue weighted by molar-refractivity contribution is 6.30. The lowest BCUT2D eigenvalue weighted by Crippen LogP contribution is -2.29. The van der Waals surface area contributed by atoms with E-state index >= 15 is 0 Å². The molecule has 0 saturated heterocycles. The molecule has 1 amide bonds. The van der Waals surface area contributed by atoms with Crippen molar-refractivity contribution in [2.75, 3.05) is 20.3 Å². The van der Waals surface area contributed by atoms with E-state index in [2.05, 4.69) is 31.3 Å². The molecule has 0 aliphatic heterocycles. The lowest BCUT2D eigenvalue weighted by Gasteiger charge is -2.15. The number of methoxy groups -OCH3 is 1. The van der Waals surface area contributed by atoms with Crippen molar-refractivity contribution in [2.24, 2.45) is 0 Å². The van der Waals surface area contributed by atoms with Crippen LogP contribution >= 0.6 is 11.6 Å². The fourth-order valence-electron chi connectivity index (χ4n) is 4.61. The molecule has 0 atom stereocenters. The molecule has 6 nitrogen and oxygen atoms in total. The van der Waals surface area contributed by atoms with Gasteiger partial charge in [-0.3, -0.25) is 14.2 Å². The summed E-state index contributed by atoms with van der Waals surface area (Å²) < 4.78 is 13.1. The Kier molecular flexibility index (Phi) is 8.42. The first-order valence-electron chi connectivity index (χ1n) is 12.7. The number of aromatic nitrogens is 1. The molecule has 0 fully saturated rings. The number of ether oxygens (including phenoxy) is 2. The Hall–Kier alpha value is -3.77. The normalized spacial score (nSPS) is 11.1. The molecule has 0 aliphatic carbocycles. The number of benzene rings is 3. The highest BCUT2D eigenvalue weighted by Gasteiger charge is 2.22. The zero-order valence-corrected chi connectivity index (χ0v) is 23.2. The fraction of sp³-hybridized carbons (Fsp3) is 0.290. The zero-order valence-electron chi connectivity index (χ0n) is 22.4. The van der Waals surface area contributed by atoms with Gasteiger partial charge in [-0.15, -0.1) is 0 Å². The third-order valence-corrected chi connectivity index (χ3v) is 6.90. The maximum absolute atomic E-state index is 13.5. The molecular weight excluding hydrogens is 500 g/mol. The number of halogens is 1. The molecule has 4 aromatic rings. The van der Waals surface area contributed by atoms with Gasteiger partial charge in [0, 0.05) is 21.7 Å². The van der Waals surface area contributed by atoms with E-state index in [1.807, 2.05) is 38.1 Å². The Balaban J connectivity index is 1.52. The summed E-state index contributed by atoms with van der Waals surface area (Å²) in [5.41, 5.74) is 4.99. The Morgan fingerprint density at radius 3 is 2.42 bits per heavy atom. The van der Waals surface area contributed by atoms with Crippen molar-refractivity contribution in [1.82, 2.24) is 9.88 Å². The highest BCUT2D eigenvalue weighted by atomic mass is 35.5. The molecule has 0 saturated carbocycles. The molecule has 198 valence electrons. The fourth-order valence-corrected chi connectivity index (χ4v) is 4.74. The second-order valence-corrected chi connectivity index (χ2v) is 10.1. The average molecular weight is 533 g/mol. The van der Waals surface area contributed by atoms with Crippen molar-refractivity contribution < 1.29 is 19.1 Å². The quantitative estimate of drug-likeness (QED) is 0.251. The molecule has 7 heteroatoms. The van der Waals surface area contributed by atoms with Gasteiger partial charge in [0.1, 0.15) is 18.1 Å². The summed E-state index contributed by atoms with van der Waals surface area (Å²) in [4.78, 5) is 26.4. The van der Waals surface area contributed by atoms with Crippen molar-refractivity contribution >= 4 is 34.3 Å². The summed E-state index contributed by atoms with van der Waals surface area (Å²) >= 11 is 6.01. The summed E-state index contributed by atoms with van der Waals surface area (Å²) in [7, 11) is 1.59. The SMILES string of the molecule is COc1ccc2c(c1)c(CC(=O)NCCOc1cc(C)ccc1C(C)C)c(C)n2C(=O)c1ccc(Cl)cc1. The van der Waals surface area contributed by atoms with Gasteiger partial charge in [-0.1, -0.05) is 37.6 Å². The number of carbonyl (C=O) groups is 2. The minimum atomic E-state index is -0.187. The van der Waals surface area contributed by atoms with Crippen LogP contribution in [0.25, 0.3) is 10.9 Å².